The van der Waals surface area contributed by atoms with Crippen LogP contribution in [0.4, 0.5) is 11.4 Å². The summed E-state index contributed by atoms with van der Waals surface area (Å²) in [7, 11) is -2.28. The summed E-state index contributed by atoms with van der Waals surface area (Å²) in [6.07, 6.45) is 1.02. The van der Waals surface area contributed by atoms with E-state index in [1.54, 1.807) is 31.2 Å². The van der Waals surface area contributed by atoms with Crippen molar-refractivity contribution in [1.82, 2.24) is 0 Å². The number of carbonyl (C=O) groups is 2. The lowest BCUT2D eigenvalue weighted by atomic mass is 10.2. The molecule has 0 aliphatic heterocycles. The highest BCUT2D eigenvalue weighted by Crippen LogP contribution is 2.25. The van der Waals surface area contributed by atoms with Crippen LogP contribution >= 0.6 is 11.6 Å². The predicted molar refractivity (Wildman–Crippen MR) is 116 cm³/mol. The van der Waals surface area contributed by atoms with Crippen LogP contribution < -0.4 is 14.4 Å². The van der Waals surface area contributed by atoms with E-state index in [9.17, 15) is 18.0 Å². The Hall–Kier alpha value is -2.78. The molecule has 0 unspecified atom stereocenters. The third-order valence-corrected chi connectivity index (χ3v) is 5.72. The van der Waals surface area contributed by atoms with Crippen LogP contribution in [0.15, 0.2) is 42.5 Å². The first kappa shape index (κ1) is 23.5. The topological polar surface area (TPSA) is 102 Å². The van der Waals surface area contributed by atoms with Gasteiger partial charge in [0, 0.05) is 5.69 Å². The van der Waals surface area contributed by atoms with Crippen LogP contribution in [-0.4, -0.2) is 46.3 Å². The molecule has 0 radical (unpaired) electrons. The van der Waals surface area contributed by atoms with Gasteiger partial charge in [0.25, 0.3) is 0 Å². The Morgan fingerprint density at radius 2 is 1.80 bits per heavy atom. The number of rotatable bonds is 8. The quantitative estimate of drug-likeness (QED) is 0.614. The minimum absolute atomic E-state index is 0.0964. The van der Waals surface area contributed by atoms with E-state index in [-0.39, 0.29) is 22.9 Å². The smallest absolute Gasteiger partial charge is 0.339 e. The lowest BCUT2D eigenvalue weighted by Crippen LogP contribution is -2.45. The zero-order chi connectivity index (χ0) is 22.5. The molecule has 0 saturated heterocycles. The summed E-state index contributed by atoms with van der Waals surface area (Å²) in [5, 5.41) is 2.79. The first-order valence-corrected chi connectivity index (χ1v) is 11.2. The van der Waals surface area contributed by atoms with E-state index in [1.807, 2.05) is 0 Å². The van der Waals surface area contributed by atoms with Crippen molar-refractivity contribution >= 4 is 44.9 Å². The first-order chi connectivity index (χ1) is 14.1. The molecule has 0 spiro atoms. The maximum atomic E-state index is 12.8. The van der Waals surface area contributed by atoms with Gasteiger partial charge in [0.15, 0.2) is 0 Å². The number of anilines is 2. The molecule has 162 valence electrons. The maximum absolute atomic E-state index is 12.8. The summed E-state index contributed by atoms with van der Waals surface area (Å²) in [6.45, 7) is 3.30. The van der Waals surface area contributed by atoms with Gasteiger partial charge in [-0.05, 0) is 56.3 Å². The predicted octanol–water partition coefficient (Wildman–Crippen LogP) is 3.32. The van der Waals surface area contributed by atoms with Crippen LogP contribution in [-0.2, 0) is 19.6 Å². The van der Waals surface area contributed by atoms with Crippen molar-refractivity contribution in [1.29, 1.82) is 0 Å². The van der Waals surface area contributed by atoms with Crippen LogP contribution in [0.5, 0.6) is 5.75 Å². The van der Waals surface area contributed by atoms with Gasteiger partial charge in [-0.25, -0.2) is 13.2 Å². The van der Waals surface area contributed by atoms with Gasteiger partial charge >= 0.3 is 5.97 Å². The summed E-state index contributed by atoms with van der Waals surface area (Å²) in [4.78, 5) is 24.8. The molecule has 0 heterocycles. The number of hydrogen-bond acceptors (Lipinski definition) is 6. The molecule has 0 fully saturated rings. The van der Waals surface area contributed by atoms with Crippen LogP contribution in [0.1, 0.15) is 24.2 Å². The standard InChI is InChI=1S/C20H23ClN2O6S/c1-5-29-20(25)17-12-14(6-11-18(17)21)22-19(24)13(2)23(30(4,26)27)15-7-9-16(28-3)10-8-15/h6-13H,5H2,1-4H3,(H,22,24)/t13-/m0/s1. The SMILES string of the molecule is CCOC(=O)c1cc(NC(=O)[C@H](C)N(c2ccc(OC)cc2)S(C)(=O)=O)ccc1Cl. The molecule has 2 aromatic rings. The van der Waals surface area contributed by atoms with Crippen molar-refractivity contribution in [3.8, 4) is 5.75 Å². The number of nitrogens with one attached hydrogen (secondary N) is 1. The molecule has 8 nitrogen and oxygen atoms in total. The Labute approximate surface area is 180 Å². The Bertz CT molecular complexity index is 1020. The second-order valence-corrected chi connectivity index (χ2v) is 8.60. The zero-order valence-electron chi connectivity index (χ0n) is 17.0. The molecule has 1 amide bonds. The molecular weight excluding hydrogens is 432 g/mol. The third kappa shape index (κ3) is 5.64. The van der Waals surface area contributed by atoms with Crippen molar-refractivity contribution < 1.29 is 27.5 Å². The largest absolute Gasteiger partial charge is 0.497 e. The number of halogens is 1. The number of benzene rings is 2. The Kier molecular flexibility index (Phi) is 7.69. The molecule has 0 bridgehead atoms. The van der Waals surface area contributed by atoms with E-state index in [4.69, 9.17) is 21.1 Å². The number of methoxy groups -OCH3 is 1. The van der Waals surface area contributed by atoms with Crippen molar-refractivity contribution in [3.63, 3.8) is 0 Å². The zero-order valence-corrected chi connectivity index (χ0v) is 18.6. The van der Waals surface area contributed by atoms with E-state index < -0.39 is 27.9 Å². The molecule has 0 aliphatic carbocycles. The van der Waals surface area contributed by atoms with Gasteiger partial charge < -0.3 is 14.8 Å². The van der Waals surface area contributed by atoms with Gasteiger partial charge in [0.05, 0.1) is 36.2 Å². The molecule has 2 rings (SSSR count). The van der Waals surface area contributed by atoms with E-state index in [1.165, 1.54) is 32.2 Å². The average Bonchev–Trinajstić information content (AvgIpc) is 2.69. The summed E-state index contributed by atoms with van der Waals surface area (Å²) < 4.78 is 35.8. The number of carbonyl (C=O) groups excluding carboxylic acids is 2. The van der Waals surface area contributed by atoms with Crippen LogP contribution in [0.25, 0.3) is 0 Å². The second-order valence-electron chi connectivity index (χ2n) is 6.34. The molecule has 10 heteroatoms. The summed E-state index contributed by atoms with van der Waals surface area (Å²) in [5.41, 5.74) is 0.686. The Balaban J connectivity index is 2.29. The van der Waals surface area contributed by atoms with Gasteiger partial charge in [-0.3, -0.25) is 9.10 Å². The molecule has 30 heavy (non-hydrogen) atoms. The molecule has 0 aromatic heterocycles. The highest BCUT2D eigenvalue weighted by molar-refractivity contribution is 7.92. The second kappa shape index (κ2) is 9.82. The van der Waals surface area contributed by atoms with Gasteiger partial charge in [0.1, 0.15) is 11.8 Å². The van der Waals surface area contributed by atoms with Gasteiger partial charge in [-0.2, -0.15) is 0 Å². The molecule has 1 N–H and O–H groups in total. The number of sulfonamides is 1. The fraction of sp³-hybridized carbons (Fsp3) is 0.300. The highest BCUT2D eigenvalue weighted by Gasteiger charge is 2.29. The average molecular weight is 455 g/mol. The van der Waals surface area contributed by atoms with Crippen molar-refractivity contribution in [2.45, 2.75) is 19.9 Å². The van der Waals surface area contributed by atoms with Crippen molar-refractivity contribution in [2.24, 2.45) is 0 Å². The van der Waals surface area contributed by atoms with Crippen LogP contribution in [0.2, 0.25) is 5.02 Å². The highest BCUT2D eigenvalue weighted by atomic mass is 35.5. The molecular formula is C20H23ClN2O6S. The number of amides is 1. The lowest BCUT2D eigenvalue weighted by Gasteiger charge is -2.28. The summed E-state index contributed by atoms with van der Waals surface area (Å²) in [6, 6.07) is 9.56. The van der Waals surface area contributed by atoms with E-state index in [0.29, 0.717) is 11.4 Å². The minimum Gasteiger partial charge on any atom is -0.497 e. The van der Waals surface area contributed by atoms with Crippen LogP contribution in [0, 0.1) is 0 Å². The van der Waals surface area contributed by atoms with Gasteiger partial charge in [0.2, 0.25) is 15.9 Å². The third-order valence-electron chi connectivity index (χ3n) is 4.14. The van der Waals surface area contributed by atoms with E-state index in [2.05, 4.69) is 5.32 Å². The van der Waals surface area contributed by atoms with Gasteiger partial charge in [-0.15, -0.1) is 0 Å². The summed E-state index contributed by atoms with van der Waals surface area (Å²) in [5.74, 6) is -0.659. The number of nitrogens with zero attached hydrogens (tertiary/aromatic N) is 1. The lowest BCUT2D eigenvalue weighted by molar-refractivity contribution is -0.116. The molecule has 2 aromatic carbocycles. The van der Waals surface area contributed by atoms with E-state index in [0.717, 1.165) is 10.6 Å². The maximum Gasteiger partial charge on any atom is 0.339 e. The fourth-order valence-electron chi connectivity index (χ4n) is 2.75. The monoisotopic (exact) mass is 454 g/mol. The number of hydrogen-bond donors (Lipinski definition) is 1. The molecule has 0 saturated carbocycles. The molecule has 0 aliphatic rings. The fourth-order valence-corrected chi connectivity index (χ4v) is 4.12. The van der Waals surface area contributed by atoms with Gasteiger partial charge in [-0.1, -0.05) is 11.6 Å². The summed E-state index contributed by atoms with van der Waals surface area (Å²) >= 11 is 6.03. The van der Waals surface area contributed by atoms with E-state index >= 15 is 0 Å². The normalized spacial score (nSPS) is 12.0. The Morgan fingerprint density at radius 1 is 1.17 bits per heavy atom. The first-order valence-electron chi connectivity index (χ1n) is 8.99. The van der Waals surface area contributed by atoms with Crippen molar-refractivity contribution in [3.05, 3.63) is 53.1 Å². The number of ether oxygens (including phenoxy) is 2. The molecule has 1 atom stereocenters. The number of esters is 1. The minimum atomic E-state index is -3.77. The van der Waals surface area contributed by atoms with Crippen LogP contribution in [0.3, 0.4) is 0 Å². The Morgan fingerprint density at radius 3 is 2.33 bits per heavy atom. The van der Waals surface area contributed by atoms with Crippen molar-refractivity contribution in [2.75, 3.05) is 29.6 Å².